The third-order valence-corrected chi connectivity index (χ3v) is 5.18. The molecule has 3 aliphatic rings. The molecule has 0 aromatic carbocycles. The average molecular weight is 304 g/mol. The van der Waals surface area contributed by atoms with Gasteiger partial charge in [-0.25, -0.2) is 0 Å². The minimum absolute atomic E-state index is 0.135. The summed E-state index contributed by atoms with van der Waals surface area (Å²) in [5.74, 6) is 2.85. The van der Waals surface area contributed by atoms with Crippen LogP contribution in [0.15, 0.2) is 16.5 Å². The number of carbonyl (C=O) groups is 1. The Morgan fingerprint density at radius 2 is 2.18 bits per heavy atom. The predicted molar refractivity (Wildman–Crippen MR) is 81.3 cm³/mol. The van der Waals surface area contributed by atoms with Gasteiger partial charge in [0.15, 0.2) is 0 Å². The van der Waals surface area contributed by atoms with Crippen molar-refractivity contribution in [1.82, 2.24) is 9.80 Å². The molecule has 1 aromatic rings. The fourth-order valence-electron chi connectivity index (χ4n) is 3.89. The number of furan rings is 1. The molecule has 0 unspecified atom stereocenters. The number of likely N-dealkylation sites (tertiary alicyclic amines) is 2. The molecule has 3 atom stereocenters. The molecule has 3 saturated heterocycles. The van der Waals surface area contributed by atoms with Gasteiger partial charge in [-0.3, -0.25) is 9.69 Å². The molecule has 4 heterocycles. The van der Waals surface area contributed by atoms with E-state index in [2.05, 4.69) is 11.0 Å². The first-order valence-electron chi connectivity index (χ1n) is 8.38. The lowest BCUT2D eigenvalue weighted by Crippen LogP contribution is -2.43. The fraction of sp³-hybridized carbons (Fsp3) is 0.706. The zero-order valence-electron chi connectivity index (χ0n) is 13.2. The van der Waals surface area contributed by atoms with Gasteiger partial charge in [0.25, 0.3) is 0 Å². The van der Waals surface area contributed by atoms with Crippen LogP contribution in [-0.2, 0) is 16.1 Å². The van der Waals surface area contributed by atoms with Gasteiger partial charge in [-0.15, -0.1) is 0 Å². The fourth-order valence-corrected chi connectivity index (χ4v) is 3.89. The van der Waals surface area contributed by atoms with Crippen LogP contribution < -0.4 is 0 Å². The van der Waals surface area contributed by atoms with E-state index in [1.807, 2.05) is 17.9 Å². The first kappa shape index (κ1) is 14.3. The lowest BCUT2D eigenvalue weighted by Gasteiger charge is -2.31. The number of rotatable bonds is 4. The molecule has 0 N–H and O–H groups in total. The van der Waals surface area contributed by atoms with E-state index in [1.54, 1.807) is 0 Å². The molecule has 1 aromatic heterocycles. The average Bonchev–Trinajstić information content (AvgIpc) is 3.02. The second-order valence-corrected chi connectivity index (χ2v) is 6.94. The zero-order valence-corrected chi connectivity index (χ0v) is 13.2. The van der Waals surface area contributed by atoms with Gasteiger partial charge in [0, 0.05) is 32.1 Å². The largest absolute Gasteiger partial charge is 0.465 e. The summed E-state index contributed by atoms with van der Waals surface area (Å²) in [6.07, 6.45) is 3.19. The van der Waals surface area contributed by atoms with Crippen molar-refractivity contribution in [3.63, 3.8) is 0 Å². The molecule has 3 fully saturated rings. The third-order valence-electron chi connectivity index (χ3n) is 5.18. The molecule has 0 bridgehead atoms. The van der Waals surface area contributed by atoms with Gasteiger partial charge in [0.2, 0.25) is 5.91 Å². The van der Waals surface area contributed by atoms with Crippen LogP contribution in [0.2, 0.25) is 0 Å². The normalized spacial score (nSPS) is 31.3. The second-order valence-electron chi connectivity index (χ2n) is 6.94. The van der Waals surface area contributed by atoms with Crippen LogP contribution in [0.4, 0.5) is 0 Å². The lowest BCUT2D eigenvalue weighted by molar-refractivity contribution is -0.137. The van der Waals surface area contributed by atoms with Crippen molar-refractivity contribution in [2.75, 3.05) is 26.2 Å². The molecule has 4 rings (SSSR count). The SMILES string of the molecule is Cc1ccc(CN2C[C@@H]3C[C@@H](CC(=O)N4CCC4)O[C@@H]3C2)o1. The number of aryl methyl sites for hydroxylation is 1. The Morgan fingerprint density at radius 1 is 1.32 bits per heavy atom. The molecule has 0 spiro atoms. The van der Waals surface area contributed by atoms with Crippen molar-refractivity contribution in [2.24, 2.45) is 5.92 Å². The van der Waals surface area contributed by atoms with Crippen LogP contribution in [0.25, 0.3) is 0 Å². The van der Waals surface area contributed by atoms with Crippen molar-refractivity contribution in [2.45, 2.75) is 44.9 Å². The first-order valence-corrected chi connectivity index (χ1v) is 8.38. The lowest BCUT2D eigenvalue weighted by atomic mass is 10.0. The molecule has 0 radical (unpaired) electrons. The quantitative estimate of drug-likeness (QED) is 0.851. The molecule has 0 aliphatic carbocycles. The Labute approximate surface area is 131 Å². The van der Waals surface area contributed by atoms with Gasteiger partial charge >= 0.3 is 0 Å². The summed E-state index contributed by atoms with van der Waals surface area (Å²) in [5.41, 5.74) is 0. The van der Waals surface area contributed by atoms with E-state index in [0.717, 1.165) is 57.1 Å². The van der Waals surface area contributed by atoms with Crippen LogP contribution in [0.5, 0.6) is 0 Å². The summed E-state index contributed by atoms with van der Waals surface area (Å²) in [7, 11) is 0. The molecule has 5 nitrogen and oxygen atoms in total. The van der Waals surface area contributed by atoms with E-state index in [0.29, 0.717) is 18.4 Å². The minimum Gasteiger partial charge on any atom is -0.465 e. The number of hydrogen-bond donors (Lipinski definition) is 0. The van der Waals surface area contributed by atoms with E-state index in [4.69, 9.17) is 9.15 Å². The second kappa shape index (κ2) is 5.70. The van der Waals surface area contributed by atoms with Crippen molar-refractivity contribution >= 4 is 5.91 Å². The van der Waals surface area contributed by atoms with Crippen molar-refractivity contribution < 1.29 is 13.9 Å². The van der Waals surface area contributed by atoms with Crippen LogP contribution in [0.3, 0.4) is 0 Å². The van der Waals surface area contributed by atoms with Crippen molar-refractivity contribution in [3.8, 4) is 0 Å². The summed E-state index contributed by atoms with van der Waals surface area (Å²) < 4.78 is 11.8. The summed E-state index contributed by atoms with van der Waals surface area (Å²) in [6.45, 7) is 6.73. The highest BCUT2D eigenvalue weighted by atomic mass is 16.5. The zero-order chi connectivity index (χ0) is 15.1. The van der Waals surface area contributed by atoms with Gasteiger partial charge in [-0.1, -0.05) is 0 Å². The van der Waals surface area contributed by atoms with E-state index in [1.165, 1.54) is 0 Å². The standard InChI is InChI=1S/C17H24N2O3/c1-12-3-4-14(21-12)10-18-9-13-7-15(22-16(13)11-18)8-17(20)19-5-2-6-19/h3-4,13,15-16H,2,5-11H2,1H3/t13-,15-,16+/m0/s1. The number of fused-ring (bicyclic) bond motifs is 1. The Morgan fingerprint density at radius 3 is 2.82 bits per heavy atom. The highest BCUT2D eigenvalue weighted by molar-refractivity contribution is 5.77. The minimum atomic E-state index is 0.135. The maximum absolute atomic E-state index is 12.0. The van der Waals surface area contributed by atoms with Crippen LogP contribution in [0.1, 0.15) is 30.8 Å². The third kappa shape index (κ3) is 2.79. The van der Waals surface area contributed by atoms with Crippen LogP contribution in [0, 0.1) is 12.8 Å². The highest BCUT2D eigenvalue weighted by Crippen LogP contribution is 2.35. The maximum Gasteiger partial charge on any atom is 0.225 e. The molecule has 120 valence electrons. The Bertz CT molecular complexity index is 538. The summed E-state index contributed by atoms with van der Waals surface area (Å²) in [5, 5.41) is 0. The predicted octanol–water partition coefficient (Wildman–Crippen LogP) is 1.80. The monoisotopic (exact) mass is 304 g/mol. The molecule has 0 saturated carbocycles. The summed E-state index contributed by atoms with van der Waals surface area (Å²) in [4.78, 5) is 16.4. The van der Waals surface area contributed by atoms with E-state index < -0.39 is 0 Å². The Kier molecular flexibility index (Phi) is 3.70. The van der Waals surface area contributed by atoms with Crippen molar-refractivity contribution in [1.29, 1.82) is 0 Å². The smallest absolute Gasteiger partial charge is 0.225 e. The van der Waals surface area contributed by atoms with Crippen LogP contribution in [-0.4, -0.2) is 54.1 Å². The Hall–Kier alpha value is -1.33. The molecule has 3 aliphatic heterocycles. The number of amides is 1. The highest BCUT2D eigenvalue weighted by Gasteiger charge is 2.43. The van der Waals surface area contributed by atoms with E-state index in [-0.39, 0.29) is 12.0 Å². The van der Waals surface area contributed by atoms with Crippen molar-refractivity contribution in [3.05, 3.63) is 23.7 Å². The van der Waals surface area contributed by atoms with Gasteiger partial charge in [0.05, 0.1) is 25.2 Å². The first-order chi connectivity index (χ1) is 10.7. The van der Waals surface area contributed by atoms with E-state index >= 15 is 0 Å². The van der Waals surface area contributed by atoms with Gasteiger partial charge in [-0.05, 0) is 31.9 Å². The van der Waals surface area contributed by atoms with Gasteiger partial charge < -0.3 is 14.1 Å². The molecular weight excluding hydrogens is 280 g/mol. The molecule has 1 amide bonds. The topological polar surface area (TPSA) is 45.9 Å². The van der Waals surface area contributed by atoms with Gasteiger partial charge in [-0.2, -0.15) is 0 Å². The molecule has 5 heteroatoms. The van der Waals surface area contributed by atoms with E-state index in [9.17, 15) is 4.79 Å². The number of ether oxygens (including phenoxy) is 1. The number of carbonyl (C=O) groups excluding carboxylic acids is 1. The van der Waals surface area contributed by atoms with Crippen LogP contribution >= 0.6 is 0 Å². The summed E-state index contributed by atoms with van der Waals surface area (Å²) in [6, 6.07) is 4.07. The number of hydrogen-bond acceptors (Lipinski definition) is 4. The molecule has 22 heavy (non-hydrogen) atoms. The van der Waals surface area contributed by atoms with Gasteiger partial charge in [0.1, 0.15) is 11.5 Å². The summed E-state index contributed by atoms with van der Waals surface area (Å²) >= 11 is 0. The Balaban J connectivity index is 1.26. The maximum atomic E-state index is 12.0. The molecular formula is C17H24N2O3. The number of nitrogens with zero attached hydrogens (tertiary/aromatic N) is 2.